The second-order valence-electron chi connectivity index (χ2n) is 8.31. The van der Waals surface area contributed by atoms with Crippen LogP contribution in [-0.2, 0) is 0 Å². The van der Waals surface area contributed by atoms with Crippen molar-refractivity contribution in [3.8, 4) is 35.9 Å². The lowest BCUT2D eigenvalue weighted by molar-refractivity contribution is 1.46. The van der Waals surface area contributed by atoms with E-state index in [0.717, 1.165) is 17.0 Å². The normalized spacial score (nSPS) is 27.9. The van der Waals surface area contributed by atoms with Gasteiger partial charge in [-0.1, -0.05) is 91.0 Å². The maximum Gasteiger partial charge on any atom is 0.165 e. The SMILES string of the molecule is C#C[Si]1(c2ccccc2)C[Si](C#C)(c2ccccc2)C[Si](C#C)(c2ccccc2)C1. The molecule has 0 nitrogen and oxygen atoms in total. The number of rotatable bonds is 3. The molecule has 1 aliphatic heterocycles. The summed E-state index contributed by atoms with van der Waals surface area (Å²) in [6, 6.07) is 32.0. The molecular weight excluding hydrogens is 409 g/mol. The molecule has 0 aromatic heterocycles. The number of terminal acetylenes is 3. The largest absolute Gasteiger partial charge is 0.165 e. The Morgan fingerprint density at radius 3 is 0.867 bits per heavy atom. The third kappa shape index (κ3) is 3.30. The van der Waals surface area contributed by atoms with Gasteiger partial charge >= 0.3 is 0 Å². The maximum atomic E-state index is 6.40. The summed E-state index contributed by atoms with van der Waals surface area (Å²) in [6.45, 7) is 0. The average Bonchev–Trinajstić information content (AvgIpc) is 2.85. The molecule has 1 saturated heterocycles. The van der Waals surface area contributed by atoms with Crippen molar-refractivity contribution in [3.63, 3.8) is 0 Å². The predicted octanol–water partition coefficient (Wildman–Crippen LogP) is 3.20. The van der Waals surface area contributed by atoms with Gasteiger partial charge in [-0.3, -0.25) is 0 Å². The van der Waals surface area contributed by atoms with Crippen molar-refractivity contribution < 1.29 is 0 Å². The van der Waals surface area contributed by atoms with Gasteiger partial charge in [-0.05, 0) is 32.6 Å². The zero-order chi connectivity index (χ0) is 21.1. The molecule has 1 heterocycles. The molecule has 3 aromatic carbocycles. The summed E-state index contributed by atoms with van der Waals surface area (Å²) in [7, 11) is -7.03. The topological polar surface area (TPSA) is 0 Å². The van der Waals surface area contributed by atoms with Crippen LogP contribution >= 0.6 is 0 Å². The first-order chi connectivity index (χ1) is 14.6. The lowest BCUT2D eigenvalue weighted by Crippen LogP contribution is -2.72. The van der Waals surface area contributed by atoms with Gasteiger partial charge in [0.05, 0.1) is 0 Å². The average molecular weight is 433 g/mol. The molecule has 144 valence electrons. The fourth-order valence-corrected chi connectivity index (χ4v) is 32.8. The van der Waals surface area contributed by atoms with Crippen molar-refractivity contribution in [3.05, 3.63) is 91.0 Å². The van der Waals surface area contributed by atoms with Gasteiger partial charge in [-0.15, -0.1) is 35.9 Å². The number of hydrogen-bond donors (Lipinski definition) is 0. The molecule has 0 unspecified atom stereocenters. The van der Waals surface area contributed by atoms with Crippen molar-refractivity contribution in [2.24, 2.45) is 0 Å². The number of benzene rings is 3. The van der Waals surface area contributed by atoms with Crippen LogP contribution in [0.4, 0.5) is 0 Å². The van der Waals surface area contributed by atoms with E-state index in [0.29, 0.717) is 0 Å². The van der Waals surface area contributed by atoms with Gasteiger partial charge in [0, 0.05) is 0 Å². The highest BCUT2D eigenvalue weighted by molar-refractivity contribution is 7.29. The summed E-state index contributed by atoms with van der Waals surface area (Å²) in [5, 5.41) is 3.91. The highest BCUT2D eigenvalue weighted by atomic mass is 28.5. The van der Waals surface area contributed by atoms with Crippen molar-refractivity contribution in [1.82, 2.24) is 0 Å². The van der Waals surface area contributed by atoms with Crippen LogP contribution in [0.3, 0.4) is 0 Å². The van der Waals surface area contributed by atoms with Crippen LogP contribution < -0.4 is 15.6 Å². The number of hydrogen-bond acceptors (Lipinski definition) is 0. The highest BCUT2D eigenvalue weighted by Gasteiger charge is 2.59. The summed E-state index contributed by atoms with van der Waals surface area (Å²) in [6.07, 6.45) is 19.2. The first-order valence-corrected chi connectivity index (χ1v) is 17.5. The molecule has 30 heavy (non-hydrogen) atoms. The first kappa shape index (κ1) is 20.3. The molecule has 0 N–H and O–H groups in total. The van der Waals surface area contributed by atoms with E-state index in [9.17, 15) is 0 Å². The van der Waals surface area contributed by atoms with E-state index < -0.39 is 24.2 Å². The quantitative estimate of drug-likeness (QED) is 0.440. The lowest BCUT2D eigenvalue weighted by Gasteiger charge is -2.48. The van der Waals surface area contributed by atoms with Crippen LogP contribution in [0.25, 0.3) is 0 Å². The second kappa shape index (κ2) is 8.02. The minimum absolute atomic E-state index is 0.976. The van der Waals surface area contributed by atoms with E-state index in [1.807, 2.05) is 0 Å². The van der Waals surface area contributed by atoms with Crippen LogP contribution in [0.5, 0.6) is 0 Å². The van der Waals surface area contributed by atoms with Crippen molar-refractivity contribution in [2.75, 3.05) is 0 Å². The monoisotopic (exact) mass is 432 g/mol. The summed E-state index contributed by atoms with van der Waals surface area (Å²) in [5.74, 6) is 0. The smallest absolute Gasteiger partial charge is 0.129 e. The minimum Gasteiger partial charge on any atom is -0.129 e. The van der Waals surface area contributed by atoms with Gasteiger partial charge in [0.1, 0.15) is 0 Å². The van der Waals surface area contributed by atoms with E-state index in [1.165, 1.54) is 15.6 Å². The van der Waals surface area contributed by atoms with Crippen molar-refractivity contribution in [1.29, 1.82) is 0 Å². The van der Waals surface area contributed by atoms with Gasteiger partial charge in [0.15, 0.2) is 24.2 Å². The molecular formula is C27H24Si3. The molecule has 1 fully saturated rings. The van der Waals surface area contributed by atoms with Gasteiger partial charge in [-0.2, -0.15) is 0 Å². The minimum atomic E-state index is -2.34. The third-order valence-electron chi connectivity index (χ3n) is 6.62. The Bertz CT molecular complexity index is 989. The van der Waals surface area contributed by atoms with Crippen LogP contribution in [0, 0.1) is 35.9 Å². The van der Waals surface area contributed by atoms with E-state index >= 15 is 0 Å². The molecule has 3 heteroatoms. The van der Waals surface area contributed by atoms with E-state index in [1.54, 1.807) is 0 Å². The zero-order valence-corrected chi connectivity index (χ0v) is 20.0. The Hall–Kier alpha value is -3.01. The third-order valence-corrected chi connectivity index (χ3v) is 27.1. The molecule has 4 rings (SSSR count). The molecule has 3 aromatic rings. The van der Waals surface area contributed by atoms with Crippen LogP contribution in [0.15, 0.2) is 91.0 Å². The summed E-state index contributed by atoms with van der Waals surface area (Å²) in [4.78, 5) is 0. The fourth-order valence-electron chi connectivity index (χ4n) is 5.17. The fraction of sp³-hybridized carbons (Fsp3) is 0.111. The van der Waals surface area contributed by atoms with Crippen molar-refractivity contribution >= 4 is 39.8 Å². The standard InChI is InChI=1S/C27H24Si3/c1-4-28(25-16-10-7-11-17-25)22-29(5-2,26-18-12-8-13-19-26)24-30(6-3,23-28)27-20-14-9-15-21-27/h1-3,7-21H,22-24H2. The molecule has 0 atom stereocenters. The van der Waals surface area contributed by atoms with Crippen LogP contribution in [0.1, 0.15) is 0 Å². The van der Waals surface area contributed by atoms with Gasteiger partial charge in [0.25, 0.3) is 0 Å². The van der Waals surface area contributed by atoms with E-state index in [2.05, 4.69) is 108 Å². The molecule has 0 radical (unpaired) electrons. The molecule has 0 spiro atoms. The first-order valence-electron chi connectivity index (χ1n) is 10.2. The Kier molecular flexibility index (Phi) is 5.42. The molecule has 0 saturated carbocycles. The summed E-state index contributed by atoms with van der Waals surface area (Å²) >= 11 is 0. The second-order valence-corrected chi connectivity index (χ2v) is 21.6. The molecule has 0 aliphatic carbocycles. The Labute approximate surface area is 183 Å². The van der Waals surface area contributed by atoms with E-state index in [-0.39, 0.29) is 0 Å². The Morgan fingerprint density at radius 1 is 0.433 bits per heavy atom. The van der Waals surface area contributed by atoms with Gasteiger partial charge < -0.3 is 0 Å². The zero-order valence-electron chi connectivity index (χ0n) is 17.0. The lowest BCUT2D eigenvalue weighted by atomic mass is 10.4. The van der Waals surface area contributed by atoms with E-state index in [4.69, 9.17) is 19.3 Å². The highest BCUT2D eigenvalue weighted by Crippen LogP contribution is 2.39. The van der Waals surface area contributed by atoms with Crippen LogP contribution in [-0.4, -0.2) is 24.2 Å². The Morgan fingerprint density at radius 2 is 0.667 bits per heavy atom. The molecule has 1 aliphatic rings. The van der Waals surface area contributed by atoms with Gasteiger partial charge in [0.2, 0.25) is 0 Å². The Balaban J connectivity index is 2.00. The molecule has 0 bridgehead atoms. The summed E-state index contributed by atoms with van der Waals surface area (Å²) < 4.78 is 0. The summed E-state index contributed by atoms with van der Waals surface area (Å²) in [5.41, 5.74) is 13.0. The maximum absolute atomic E-state index is 6.40. The molecule has 0 amide bonds. The van der Waals surface area contributed by atoms with Crippen molar-refractivity contribution in [2.45, 2.75) is 17.0 Å². The predicted molar refractivity (Wildman–Crippen MR) is 136 cm³/mol. The van der Waals surface area contributed by atoms with Gasteiger partial charge in [-0.25, -0.2) is 0 Å². The van der Waals surface area contributed by atoms with Crippen LogP contribution in [0.2, 0.25) is 17.0 Å².